The van der Waals surface area contributed by atoms with Gasteiger partial charge in [-0.1, -0.05) is 109 Å². The van der Waals surface area contributed by atoms with Gasteiger partial charge in [-0.25, -0.2) is 4.79 Å². The summed E-state index contributed by atoms with van der Waals surface area (Å²) in [4.78, 5) is 14.3. The summed E-state index contributed by atoms with van der Waals surface area (Å²) >= 11 is 27.5. The fourth-order valence-corrected chi connectivity index (χ4v) is 8.03. The fraction of sp³-hybridized carbons (Fsp3) is 0.271. The first-order valence-electron chi connectivity index (χ1n) is 19.3. The van der Waals surface area contributed by atoms with E-state index in [1.54, 1.807) is 0 Å². The lowest BCUT2D eigenvalue weighted by atomic mass is 9.82. The van der Waals surface area contributed by atoms with Crippen molar-refractivity contribution in [3.8, 4) is 11.5 Å². The van der Waals surface area contributed by atoms with Gasteiger partial charge in [0, 0.05) is 28.1 Å². The third-order valence-electron chi connectivity index (χ3n) is 11.1. The molecule has 0 saturated carbocycles. The van der Waals surface area contributed by atoms with Crippen LogP contribution in [0.1, 0.15) is 101 Å². The molecule has 2 unspecified atom stereocenters. The van der Waals surface area contributed by atoms with Crippen LogP contribution in [0.2, 0.25) is 20.1 Å². The molecule has 2 atom stereocenters. The number of aryl methyl sites for hydroxylation is 2. The Morgan fingerprint density at radius 1 is 0.638 bits per heavy atom. The van der Waals surface area contributed by atoms with Crippen LogP contribution in [0.3, 0.4) is 0 Å². The van der Waals surface area contributed by atoms with Crippen molar-refractivity contribution in [1.29, 1.82) is 0 Å². The number of esters is 1. The monoisotopic (exact) mass is 856 g/mol. The van der Waals surface area contributed by atoms with Crippen molar-refractivity contribution in [2.45, 2.75) is 86.0 Å². The van der Waals surface area contributed by atoms with Gasteiger partial charge in [0.05, 0.1) is 37.9 Å². The van der Waals surface area contributed by atoms with E-state index in [0.717, 1.165) is 46.2 Å². The summed E-state index contributed by atoms with van der Waals surface area (Å²) in [7, 11) is 0. The minimum atomic E-state index is -1.75. The van der Waals surface area contributed by atoms with Crippen LogP contribution in [-0.2, 0) is 10.3 Å². The Hall–Kier alpha value is -4.59. The van der Waals surface area contributed by atoms with Gasteiger partial charge in [0.15, 0.2) is 5.60 Å². The summed E-state index contributed by atoms with van der Waals surface area (Å²) in [5, 5.41) is -0.135. The standard InChI is InChI=1S/C48H48Cl4N2O4/c1-9-27(5)56-33-17-13-31(14-18-33)37(35-21-11-25(3)29(7)45(35)53)23-48(40-39(47(55)58-48)41(49)43(51)44(52)42(40)50)24-38(36-22-12-26(4)30(8)46(36)54)32-15-19-34(20-16-32)57-28(6)10-2/h11-24,27-28H,9-10,53-54H2,1-8H3. The van der Waals surface area contributed by atoms with Crippen LogP contribution in [-0.4, -0.2) is 18.2 Å². The number of benzene rings is 5. The molecule has 5 aromatic rings. The Bertz CT molecular complexity index is 2330. The highest BCUT2D eigenvalue weighted by molar-refractivity contribution is 6.53. The lowest BCUT2D eigenvalue weighted by Gasteiger charge is -2.28. The predicted octanol–water partition coefficient (Wildman–Crippen LogP) is 13.7. The number of ether oxygens (including phenoxy) is 3. The number of nitrogens with two attached hydrogens (primary N) is 2. The van der Waals surface area contributed by atoms with Gasteiger partial charge < -0.3 is 25.7 Å². The molecule has 0 fully saturated rings. The van der Waals surface area contributed by atoms with Crippen LogP contribution in [0.25, 0.3) is 11.1 Å². The Morgan fingerprint density at radius 2 is 1.03 bits per heavy atom. The van der Waals surface area contributed by atoms with E-state index in [2.05, 4.69) is 13.8 Å². The molecule has 1 aliphatic rings. The zero-order valence-corrected chi connectivity index (χ0v) is 37.0. The molecule has 0 bridgehead atoms. The molecular formula is C48H48Cl4N2O4. The SMILES string of the molecule is CCC(C)Oc1ccc(C(=CC2(C=C(c3ccc(OC(C)CC)cc3)c3ccc(C)c(C)c3N)OC(=O)c3c(Cl)c(Cl)c(Cl)c(Cl)c32)c2ccc(C)c(C)c2N)cc1. The zero-order valence-electron chi connectivity index (χ0n) is 34.0. The van der Waals surface area contributed by atoms with Crippen molar-refractivity contribution >= 4 is 74.9 Å². The van der Waals surface area contributed by atoms with E-state index in [-0.39, 0.29) is 43.4 Å². The second-order valence-electron chi connectivity index (χ2n) is 15.0. The Kier molecular flexibility index (Phi) is 12.8. The number of anilines is 2. The normalized spacial score (nSPS) is 16.5. The lowest BCUT2D eigenvalue weighted by molar-refractivity contribution is 0.0300. The van der Waals surface area contributed by atoms with Gasteiger partial charge >= 0.3 is 5.97 Å². The molecule has 4 N–H and O–H groups in total. The van der Waals surface area contributed by atoms with E-state index in [4.69, 9.17) is 72.1 Å². The van der Waals surface area contributed by atoms with Crippen LogP contribution in [0.5, 0.6) is 11.5 Å². The van der Waals surface area contributed by atoms with Crippen molar-refractivity contribution in [1.82, 2.24) is 0 Å². The van der Waals surface area contributed by atoms with E-state index in [1.165, 1.54) is 0 Å². The first-order chi connectivity index (χ1) is 27.5. The van der Waals surface area contributed by atoms with E-state index in [9.17, 15) is 4.79 Å². The molecule has 1 heterocycles. The molecule has 0 amide bonds. The number of nitrogen functional groups attached to an aromatic ring is 2. The number of cyclic esters (lactones) is 1. The summed E-state index contributed by atoms with van der Waals surface area (Å²) in [6.07, 6.45) is 5.45. The highest BCUT2D eigenvalue weighted by Gasteiger charge is 2.48. The first kappa shape index (κ1) is 43.0. The molecule has 0 radical (unpaired) electrons. The van der Waals surface area contributed by atoms with E-state index in [1.807, 2.05) is 126 Å². The number of rotatable bonds is 12. The molecule has 302 valence electrons. The molecular weight excluding hydrogens is 810 g/mol. The van der Waals surface area contributed by atoms with E-state index >= 15 is 0 Å². The molecule has 0 aliphatic carbocycles. The number of carbonyl (C=O) groups is 1. The van der Waals surface area contributed by atoms with Gasteiger partial charge in [-0.2, -0.15) is 0 Å². The van der Waals surface area contributed by atoms with Gasteiger partial charge in [0.2, 0.25) is 0 Å². The Balaban J connectivity index is 1.76. The molecule has 0 aromatic heterocycles. The molecule has 1 aliphatic heterocycles. The molecule has 5 aromatic carbocycles. The second kappa shape index (κ2) is 17.3. The predicted molar refractivity (Wildman–Crippen MR) is 242 cm³/mol. The Morgan fingerprint density at radius 3 is 1.43 bits per heavy atom. The summed E-state index contributed by atoms with van der Waals surface area (Å²) in [5.74, 6) is 0.687. The minimum Gasteiger partial charge on any atom is -0.491 e. The van der Waals surface area contributed by atoms with Crippen molar-refractivity contribution in [3.05, 3.63) is 161 Å². The third-order valence-corrected chi connectivity index (χ3v) is 12.9. The molecule has 0 spiro atoms. The zero-order chi connectivity index (χ0) is 42.2. The van der Waals surface area contributed by atoms with Crippen molar-refractivity contribution < 1.29 is 19.0 Å². The van der Waals surface area contributed by atoms with Crippen molar-refractivity contribution in [2.24, 2.45) is 0 Å². The average Bonchev–Trinajstić information content (AvgIpc) is 3.50. The highest BCUT2D eigenvalue weighted by atomic mass is 35.5. The maximum atomic E-state index is 14.3. The van der Waals surface area contributed by atoms with Gasteiger partial charge in [0.25, 0.3) is 0 Å². The summed E-state index contributed by atoms with van der Waals surface area (Å²) < 4.78 is 18.9. The molecule has 10 heteroatoms. The van der Waals surface area contributed by atoms with E-state index < -0.39 is 11.6 Å². The quantitative estimate of drug-likeness (QED) is 0.0561. The van der Waals surface area contributed by atoms with Crippen molar-refractivity contribution in [2.75, 3.05) is 11.5 Å². The van der Waals surface area contributed by atoms with Crippen LogP contribution >= 0.6 is 46.4 Å². The average molecular weight is 859 g/mol. The largest absolute Gasteiger partial charge is 0.491 e. The lowest BCUT2D eigenvalue weighted by Crippen LogP contribution is -2.23. The smallest absolute Gasteiger partial charge is 0.341 e. The first-order valence-corrected chi connectivity index (χ1v) is 20.8. The van der Waals surface area contributed by atoms with Crippen LogP contribution in [0.15, 0.2) is 84.9 Å². The molecule has 0 saturated heterocycles. The van der Waals surface area contributed by atoms with Gasteiger partial charge in [-0.15, -0.1) is 0 Å². The van der Waals surface area contributed by atoms with Crippen LogP contribution in [0, 0.1) is 27.7 Å². The number of hydrogen-bond acceptors (Lipinski definition) is 6. The van der Waals surface area contributed by atoms with Gasteiger partial charge in [-0.05, 0) is 135 Å². The minimum absolute atomic E-state index is 0.00277. The summed E-state index contributed by atoms with van der Waals surface area (Å²) in [6.45, 7) is 16.2. The number of hydrogen-bond donors (Lipinski definition) is 2. The van der Waals surface area contributed by atoms with Gasteiger partial charge in [-0.3, -0.25) is 0 Å². The summed E-state index contributed by atoms with van der Waals surface area (Å²) in [5.41, 5.74) is 21.6. The Labute approximate surface area is 361 Å². The molecule has 6 nitrogen and oxygen atoms in total. The molecule has 58 heavy (non-hydrogen) atoms. The summed E-state index contributed by atoms with van der Waals surface area (Å²) in [6, 6.07) is 23.4. The number of fused-ring (bicyclic) bond motifs is 1. The van der Waals surface area contributed by atoms with E-state index in [0.29, 0.717) is 45.1 Å². The number of halogens is 4. The van der Waals surface area contributed by atoms with Crippen LogP contribution < -0.4 is 20.9 Å². The van der Waals surface area contributed by atoms with Crippen LogP contribution in [0.4, 0.5) is 11.4 Å². The van der Waals surface area contributed by atoms with Crippen molar-refractivity contribution in [3.63, 3.8) is 0 Å². The molecule has 6 rings (SSSR count). The topological polar surface area (TPSA) is 96.8 Å². The maximum absolute atomic E-state index is 14.3. The third kappa shape index (κ3) is 8.18. The fourth-order valence-electron chi connectivity index (χ4n) is 6.95. The highest BCUT2D eigenvalue weighted by Crippen LogP contribution is 2.54. The second-order valence-corrected chi connectivity index (χ2v) is 16.5. The van der Waals surface area contributed by atoms with Gasteiger partial charge in [0.1, 0.15) is 11.5 Å². The maximum Gasteiger partial charge on any atom is 0.341 e. The number of carbonyl (C=O) groups excluding carboxylic acids is 1.